The van der Waals surface area contributed by atoms with E-state index in [-0.39, 0.29) is 0 Å². The fourth-order valence-corrected chi connectivity index (χ4v) is 5.45. The number of hydrogen-bond donors (Lipinski definition) is 1. The van der Waals surface area contributed by atoms with Gasteiger partial charge in [0.15, 0.2) is 0 Å². The number of benzene rings is 1. The molecule has 154 valence electrons. The normalized spacial score (nSPS) is 22.6. The first-order valence-electron chi connectivity index (χ1n) is 10.6. The summed E-state index contributed by atoms with van der Waals surface area (Å²) in [4.78, 5) is 11.6. The van der Waals surface area contributed by atoms with Gasteiger partial charge >= 0.3 is 0 Å². The number of morpholine rings is 1. The lowest BCUT2D eigenvalue weighted by Crippen LogP contribution is -2.46. The topological polar surface area (TPSA) is 74.1 Å². The van der Waals surface area contributed by atoms with Crippen LogP contribution < -0.4 is 5.32 Å². The molecule has 2 fully saturated rings. The Morgan fingerprint density at radius 3 is 2.73 bits per heavy atom. The van der Waals surface area contributed by atoms with Crippen molar-refractivity contribution in [3.63, 3.8) is 0 Å². The van der Waals surface area contributed by atoms with E-state index in [1.165, 1.54) is 12.8 Å². The first-order chi connectivity index (χ1) is 14.8. The molecule has 7 heteroatoms. The molecule has 1 N–H and O–H groups in total. The molecule has 1 saturated carbocycles. The molecule has 0 unspecified atom stereocenters. The van der Waals surface area contributed by atoms with E-state index in [1.807, 2.05) is 22.9 Å². The molecule has 6 nitrogen and oxygen atoms in total. The van der Waals surface area contributed by atoms with Gasteiger partial charge in [-0.25, -0.2) is 9.97 Å². The van der Waals surface area contributed by atoms with E-state index in [4.69, 9.17) is 4.74 Å². The van der Waals surface area contributed by atoms with Crippen LogP contribution in [0.3, 0.4) is 0 Å². The lowest BCUT2D eigenvalue weighted by molar-refractivity contribution is 0.00791. The maximum Gasteiger partial charge on any atom is 0.137 e. The van der Waals surface area contributed by atoms with E-state index in [9.17, 15) is 5.26 Å². The van der Waals surface area contributed by atoms with Gasteiger partial charge in [0.05, 0.1) is 24.3 Å². The number of aromatic nitrogens is 2. The van der Waals surface area contributed by atoms with Gasteiger partial charge in [0, 0.05) is 41.5 Å². The fourth-order valence-electron chi connectivity index (χ4n) is 4.67. The van der Waals surface area contributed by atoms with Crippen LogP contribution >= 0.6 is 11.3 Å². The van der Waals surface area contributed by atoms with Crippen LogP contribution in [0.25, 0.3) is 22.0 Å². The van der Waals surface area contributed by atoms with Crippen molar-refractivity contribution in [3.8, 4) is 17.2 Å². The van der Waals surface area contributed by atoms with E-state index in [2.05, 4.69) is 32.3 Å². The van der Waals surface area contributed by atoms with E-state index in [0.29, 0.717) is 17.6 Å². The zero-order valence-electron chi connectivity index (χ0n) is 16.9. The Kier molecular flexibility index (Phi) is 5.63. The third-order valence-corrected chi connectivity index (χ3v) is 7.07. The van der Waals surface area contributed by atoms with Crippen molar-refractivity contribution in [2.75, 3.05) is 31.6 Å². The van der Waals surface area contributed by atoms with Crippen molar-refractivity contribution >= 4 is 28.1 Å². The molecule has 0 bridgehead atoms. The van der Waals surface area contributed by atoms with Gasteiger partial charge in [0.25, 0.3) is 0 Å². The summed E-state index contributed by atoms with van der Waals surface area (Å²) in [5.41, 5.74) is 3.65. The van der Waals surface area contributed by atoms with Crippen molar-refractivity contribution in [1.29, 1.82) is 5.26 Å². The van der Waals surface area contributed by atoms with Crippen LogP contribution in [0.4, 0.5) is 5.82 Å². The number of thiophene rings is 1. The average molecular weight is 420 g/mol. The summed E-state index contributed by atoms with van der Waals surface area (Å²) in [7, 11) is 0. The number of nitrogens with one attached hydrogen (secondary N) is 1. The lowest BCUT2D eigenvalue weighted by Gasteiger charge is -2.39. The van der Waals surface area contributed by atoms with Gasteiger partial charge in [-0.15, -0.1) is 0 Å². The van der Waals surface area contributed by atoms with E-state index in [1.54, 1.807) is 17.7 Å². The van der Waals surface area contributed by atoms with Gasteiger partial charge in [-0.05, 0) is 48.8 Å². The molecule has 30 heavy (non-hydrogen) atoms. The summed E-state index contributed by atoms with van der Waals surface area (Å²) in [6, 6.07) is 9.57. The molecule has 2 aromatic heterocycles. The average Bonchev–Trinajstić information content (AvgIpc) is 3.29. The Bertz CT molecular complexity index is 1060. The maximum absolute atomic E-state index is 9.38. The van der Waals surface area contributed by atoms with Crippen LogP contribution in [0.1, 0.15) is 31.2 Å². The minimum atomic E-state index is 0.430. The molecule has 0 atom stereocenters. The molecular formula is C23H25N5OS. The summed E-state index contributed by atoms with van der Waals surface area (Å²) in [5, 5.41) is 18.0. The Morgan fingerprint density at radius 1 is 1.10 bits per heavy atom. The Hall–Kier alpha value is -2.53. The Balaban J connectivity index is 1.33. The van der Waals surface area contributed by atoms with Crippen LogP contribution in [-0.2, 0) is 4.74 Å². The van der Waals surface area contributed by atoms with Gasteiger partial charge < -0.3 is 10.1 Å². The molecule has 1 aromatic carbocycles. The fraction of sp³-hybridized carbons (Fsp3) is 0.435. The summed E-state index contributed by atoms with van der Waals surface area (Å²) in [5.74, 6) is 0.894. The van der Waals surface area contributed by atoms with Gasteiger partial charge in [-0.3, -0.25) is 4.90 Å². The molecule has 1 aliphatic carbocycles. The van der Waals surface area contributed by atoms with Crippen LogP contribution in [0.2, 0.25) is 0 Å². The minimum absolute atomic E-state index is 0.430. The lowest BCUT2D eigenvalue weighted by atomic mass is 9.90. The van der Waals surface area contributed by atoms with Crippen LogP contribution in [0.15, 0.2) is 35.3 Å². The predicted molar refractivity (Wildman–Crippen MR) is 120 cm³/mol. The molecule has 5 rings (SSSR count). The Morgan fingerprint density at radius 2 is 1.93 bits per heavy atom. The summed E-state index contributed by atoms with van der Waals surface area (Å²) >= 11 is 1.55. The van der Waals surface area contributed by atoms with Crippen molar-refractivity contribution in [3.05, 3.63) is 40.8 Å². The highest BCUT2D eigenvalue weighted by Crippen LogP contribution is 2.32. The maximum atomic E-state index is 9.38. The minimum Gasteiger partial charge on any atom is -0.379 e. The molecule has 2 aliphatic rings. The number of nitrogens with zero attached hydrogens (tertiary/aromatic N) is 4. The standard InChI is InChI=1S/C23H25N5OS/c24-12-17-13-30-14-21(17)16-1-6-22-20(11-16)23(26-15-25-22)27-18-2-4-19(5-3-18)28-7-9-29-10-8-28/h1,6,11,13-15,18-19H,2-5,7-10H2,(H,25,26,27). The number of anilines is 1. The molecule has 1 saturated heterocycles. The SMILES string of the molecule is N#Cc1cscc1-c1ccc2ncnc(NC3CCC(N4CCOCC4)CC3)c2c1. The highest BCUT2D eigenvalue weighted by molar-refractivity contribution is 7.08. The highest BCUT2D eigenvalue weighted by Gasteiger charge is 2.27. The quantitative estimate of drug-likeness (QED) is 0.680. The molecule has 0 spiro atoms. The molecule has 0 radical (unpaired) electrons. The number of nitriles is 1. The largest absolute Gasteiger partial charge is 0.379 e. The van der Waals surface area contributed by atoms with Crippen LogP contribution in [0.5, 0.6) is 0 Å². The van der Waals surface area contributed by atoms with Gasteiger partial charge in [0.1, 0.15) is 18.2 Å². The van der Waals surface area contributed by atoms with E-state index >= 15 is 0 Å². The predicted octanol–water partition coefficient (Wildman–Crippen LogP) is 4.29. The molecule has 1 aliphatic heterocycles. The van der Waals surface area contributed by atoms with E-state index < -0.39 is 0 Å². The molecule has 3 heterocycles. The van der Waals surface area contributed by atoms with Gasteiger partial charge in [-0.1, -0.05) is 6.07 Å². The third-order valence-electron chi connectivity index (χ3n) is 6.33. The van der Waals surface area contributed by atoms with Crippen molar-refractivity contribution in [2.24, 2.45) is 0 Å². The van der Waals surface area contributed by atoms with Crippen molar-refractivity contribution in [1.82, 2.24) is 14.9 Å². The second kappa shape index (κ2) is 8.68. The highest BCUT2D eigenvalue weighted by atomic mass is 32.1. The van der Waals surface area contributed by atoms with E-state index in [0.717, 1.165) is 67.0 Å². The number of fused-ring (bicyclic) bond motifs is 1. The smallest absolute Gasteiger partial charge is 0.137 e. The van der Waals surface area contributed by atoms with Gasteiger partial charge in [-0.2, -0.15) is 16.6 Å². The number of ether oxygens (including phenoxy) is 1. The second-order valence-corrected chi connectivity index (χ2v) is 8.81. The molecule has 3 aromatic rings. The first kappa shape index (κ1) is 19.4. The second-order valence-electron chi connectivity index (χ2n) is 8.06. The van der Waals surface area contributed by atoms with Crippen molar-refractivity contribution < 1.29 is 4.74 Å². The zero-order chi connectivity index (χ0) is 20.3. The first-order valence-corrected chi connectivity index (χ1v) is 11.6. The summed E-state index contributed by atoms with van der Waals surface area (Å²) in [6.45, 7) is 3.86. The van der Waals surface area contributed by atoms with Gasteiger partial charge in [0.2, 0.25) is 0 Å². The van der Waals surface area contributed by atoms with Crippen LogP contribution in [-0.4, -0.2) is 53.3 Å². The number of rotatable bonds is 4. The third kappa shape index (κ3) is 3.91. The molecule has 0 amide bonds. The Labute approximate surface area is 180 Å². The zero-order valence-corrected chi connectivity index (χ0v) is 17.7. The van der Waals surface area contributed by atoms with Crippen molar-refractivity contribution in [2.45, 2.75) is 37.8 Å². The molecular weight excluding hydrogens is 394 g/mol. The summed E-state index contributed by atoms with van der Waals surface area (Å²) < 4.78 is 5.50. The van der Waals surface area contributed by atoms with Crippen LogP contribution in [0, 0.1) is 11.3 Å². The number of hydrogen-bond acceptors (Lipinski definition) is 7. The monoisotopic (exact) mass is 419 g/mol. The summed E-state index contributed by atoms with van der Waals surface area (Å²) in [6.07, 6.45) is 6.36.